The molecule has 1 atom stereocenters. The number of benzene rings is 3. The summed E-state index contributed by atoms with van der Waals surface area (Å²) in [5.41, 5.74) is 2.55. The second-order valence-electron chi connectivity index (χ2n) is 10.8. The van der Waals surface area contributed by atoms with Gasteiger partial charge in [0.2, 0.25) is 12.7 Å². The maximum atomic E-state index is 14.1. The summed E-state index contributed by atoms with van der Waals surface area (Å²) in [6.07, 6.45) is 2.94. The number of ether oxygens (including phenoxy) is 3. The number of aryl methyl sites for hydroxylation is 1. The molecule has 43 heavy (non-hydrogen) atoms. The number of nitrogens with zero attached hydrogens (tertiary/aromatic N) is 2. The summed E-state index contributed by atoms with van der Waals surface area (Å²) in [7, 11) is 0. The monoisotopic (exact) mass is 602 g/mol. The van der Waals surface area contributed by atoms with Crippen LogP contribution in [0.1, 0.15) is 39.9 Å². The average Bonchev–Trinajstić information content (AvgIpc) is 3.70. The molecule has 0 radical (unpaired) electrons. The molecule has 0 spiro atoms. The second kappa shape index (κ2) is 12.5. The number of carbonyl (C=O) groups is 2. The fourth-order valence-corrected chi connectivity index (χ4v) is 5.62. The Labute approximate surface area is 253 Å². The summed E-state index contributed by atoms with van der Waals surface area (Å²) in [6, 6.07) is 17.6. The van der Waals surface area contributed by atoms with E-state index in [4.69, 9.17) is 30.2 Å². The van der Waals surface area contributed by atoms with E-state index in [1.54, 1.807) is 40.1 Å². The molecular weight excluding hydrogens is 572 g/mol. The van der Waals surface area contributed by atoms with Crippen LogP contribution in [-0.4, -0.2) is 54.2 Å². The van der Waals surface area contributed by atoms with E-state index in [1.165, 1.54) is 6.26 Å². The predicted octanol–water partition coefficient (Wildman–Crippen LogP) is 5.33. The Morgan fingerprint density at radius 1 is 0.977 bits per heavy atom. The first-order chi connectivity index (χ1) is 20.9. The highest BCUT2D eigenvalue weighted by Crippen LogP contribution is 2.33. The Bertz CT molecular complexity index is 1730. The van der Waals surface area contributed by atoms with Crippen molar-refractivity contribution in [1.29, 1.82) is 0 Å². The normalized spacial score (nSPS) is 15.5. The Morgan fingerprint density at radius 3 is 2.63 bits per heavy atom. The van der Waals surface area contributed by atoms with Crippen molar-refractivity contribution in [3.8, 4) is 11.5 Å². The quantitative estimate of drug-likeness (QED) is 0.255. The minimum atomic E-state index is -0.330. The highest BCUT2D eigenvalue weighted by molar-refractivity contribution is 6.31. The van der Waals surface area contributed by atoms with Gasteiger partial charge in [-0.25, -0.2) is 0 Å². The van der Waals surface area contributed by atoms with Gasteiger partial charge in [-0.2, -0.15) is 0 Å². The van der Waals surface area contributed by atoms with E-state index >= 15 is 0 Å². The Morgan fingerprint density at radius 2 is 1.81 bits per heavy atom. The lowest BCUT2D eigenvalue weighted by Crippen LogP contribution is -2.45. The van der Waals surface area contributed by atoms with E-state index < -0.39 is 0 Å². The van der Waals surface area contributed by atoms with Crippen molar-refractivity contribution in [3.05, 3.63) is 104 Å². The smallest absolute Gasteiger partial charge is 0.254 e. The van der Waals surface area contributed by atoms with Crippen LogP contribution in [0.5, 0.6) is 11.5 Å². The van der Waals surface area contributed by atoms with Gasteiger partial charge in [0, 0.05) is 30.3 Å². The van der Waals surface area contributed by atoms with Crippen molar-refractivity contribution in [2.45, 2.75) is 39.0 Å². The molecular formula is C33H31ClN2O7. The number of hydrogen-bond acceptors (Lipinski definition) is 7. The van der Waals surface area contributed by atoms with E-state index in [0.717, 1.165) is 24.0 Å². The average molecular weight is 603 g/mol. The zero-order valence-electron chi connectivity index (χ0n) is 23.7. The van der Waals surface area contributed by atoms with Crippen LogP contribution in [0, 0.1) is 6.92 Å². The van der Waals surface area contributed by atoms with Gasteiger partial charge in [-0.15, -0.1) is 0 Å². The molecule has 3 aromatic carbocycles. The van der Waals surface area contributed by atoms with Crippen molar-refractivity contribution in [2.24, 2.45) is 0 Å². The van der Waals surface area contributed by atoms with Crippen LogP contribution in [0.4, 0.5) is 0 Å². The van der Waals surface area contributed by atoms with Gasteiger partial charge in [0.25, 0.3) is 5.91 Å². The summed E-state index contributed by atoms with van der Waals surface area (Å²) < 4.78 is 22.5. The van der Waals surface area contributed by atoms with E-state index in [-0.39, 0.29) is 56.3 Å². The molecule has 0 N–H and O–H groups in total. The molecule has 9 nitrogen and oxygen atoms in total. The van der Waals surface area contributed by atoms with Gasteiger partial charge >= 0.3 is 0 Å². The highest BCUT2D eigenvalue weighted by atomic mass is 35.5. The number of carbonyl (C=O) groups excluding carboxylic acids is 2. The first kappa shape index (κ1) is 28.8. The zero-order chi connectivity index (χ0) is 29.9. The molecule has 2 aliphatic heterocycles. The van der Waals surface area contributed by atoms with Crippen LogP contribution >= 0.6 is 11.6 Å². The maximum Gasteiger partial charge on any atom is 0.254 e. The summed E-state index contributed by atoms with van der Waals surface area (Å²) in [4.78, 5) is 44.4. The largest absolute Gasteiger partial charge is 0.464 e. The summed E-state index contributed by atoms with van der Waals surface area (Å²) in [6.45, 7) is 2.84. The Kier molecular flexibility index (Phi) is 8.35. The van der Waals surface area contributed by atoms with Gasteiger partial charge in [-0.1, -0.05) is 35.9 Å². The fourth-order valence-electron chi connectivity index (χ4n) is 5.45. The third-order valence-electron chi connectivity index (χ3n) is 7.77. The van der Waals surface area contributed by atoms with Gasteiger partial charge in [0.1, 0.15) is 12.1 Å². The SMILES string of the molecule is Cc1ccccc1C(=O)N(CC(=O)N(Cc1ccc2c(c1)OCO2)Cc1coc2ccc(Cl)cc2c1=O)CC1CCCO1. The summed E-state index contributed by atoms with van der Waals surface area (Å²) in [5.74, 6) is 0.632. The van der Waals surface area contributed by atoms with Crippen LogP contribution in [-0.2, 0) is 22.6 Å². The molecule has 6 rings (SSSR count). The zero-order valence-corrected chi connectivity index (χ0v) is 24.5. The molecule has 2 aliphatic rings. The lowest BCUT2D eigenvalue weighted by atomic mass is 10.1. The molecule has 0 bridgehead atoms. The highest BCUT2D eigenvalue weighted by Gasteiger charge is 2.28. The molecule has 222 valence electrons. The standard InChI is InChI=1S/C33H31ClN2O7/c1-21-5-2-3-7-26(21)33(39)36(17-25-6-4-12-40-25)18-31(37)35(15-22-8-10-29-30(13-22)43-20-42-29)16-23-19-41-28-11-9-24(34)14-27(28)32(23)38/h2-3,5,7-11,13-14,19,25H,4,6,12,15-18,20H2,1H3. The van der Waals surface area contributed by atoms with E-state index in [1.807, 2.05) is 37.3 Å². The summed E-state index contributed by atoms with van der Waals surface area (Å²) in [5, 5.41) is 0.736. The maximum absolute atomic E-state index is 14.1. The number of rotatable bonds is 9. The van der Waals surface area contributed by atoms with Crippen molar-refractivity contribution in [2.75, 3.05) is 26.5 Å². The third kappa shape index (κ3) is 6.38. The summed E-state index contributed by atoms with van der Waals surface area (Å²) >= 11 is 6.16. The van der Waals surface area contributed by atoms with Gasteiger partial charge in [0.05, 0.1) is 29.9 Å². The van der Waals surface area contributed by atoms with Crippen molar-refractivity contribution >= 4 is 34.4 Å². The van der Waals surface area contributed by atoms with E-state index in [0.29, 0.717) is 45.2 Å². The minimum absolute atomic E-state index is 0.0373. The molecule has 0 saturated carbocycles. The second-order valence-corrected chi connectivity index (χ2v) is 11.2. The van der Waals surface area contributed by atoms with E-state index in [9.17, 15) is 14.4 Å². The van der Waals surface area contributed by atoms with Crippen LogP contribution in [0.15, 0.2) is 76.1 Å². The topological polar surface area (TPSA) is 98.5 Å². The molecule has 2 amide bonds. The van der Waals surface area contributed by atoms with Crippen LogP contribution in [0.25, 0.3) is 11.0 Å². The van der Waals surface area contributed by atoms with E-state index in [2.05, 4.69) is 0 Å². The van der Waals surface area contributed by atoms with Gasteiger partial charge < -0.3 is 28.4 Å². The number of fused-ring (bicyclic) bond motifs is 2. The van der Waals surface area contributed by atoms with Crippen LogP contribution in [0.2, 0.25) is 5.02 Å². The lowest BCUT2D eigenvalue weighted by molar-refractivity contribution is -0.133. The predicted molar refractivity (Wildman–Crippen MR) is 160 cm³/mol. The molecule has 10 heteroatoms. The van der Waals surface area contributed by atoms with Gasteiger partial charge in [-0.05, 0) is 67.3 Å². The molecule has 4 aromatic rings. The fraction of sp³-hybridized carbons (Fsp3) is 0.303. The molecule has 1 aromatic heterocycles. The van der Waals surface area contributed by atoms with Crippen LogP contribution < -0.4 is 14.9 Å². The number of amides is 2. The number of hydrogen-bond donors (Lipinski definition) is 0. The van der Waals surface area contributed by atoms with Gasteiger partial charge in [0.15, 0.2) is 16.9 Å². The number of halogens is 1. The molecule has 0 aliphatic carbocycles. The molecule has 1 unspecified atom stereocenters. The first-order valence-electron chi connectivity index (χ1n) is 14.2. The lowest BCUT2D eigenvalue weighted by Gasteiger charge is -2.29. The third-order valence-corrected chi connectivity index (χ3v) is 8.00. The molecule has 1 fully saturated rings. The first-order valence-corrected chi connectivity index (χ1v) is 14.6. The van der Waals surface area contributed by atoms with Crippen LogP contribution in [0.3, 0.4) is 0 Å². The van der Waals surface area contributed by atoms with Crippen molar-refractivity contribution < 1.29 is 28.2 Å². The molecule has 3 heterocycles. The van der Waals surface area contributed by atoms with Crippen molar-refractivity contribution in [1.82, 2.24) is 9.80 Å². The van der Waals surface area contributed by atoms with Crippen molar-refractivity contribution in [3.63, 3.8) is 0 Å². The minimum Gasteiger partial charge on any atom is -0.464 e. The Balaban J connectivity index is 1.32. The van der Waals surface area contributed by atoms with Gasteiger partial charge in [-0.3, -0.25) is 14.4 Å². The Hall–Kier alpha value is -4.34. The molecule has 1 saturated heterocycles.